The number of aromatic nitrogens is 2. The molecule has 6 nitrogen and oxygen atoms in total. The van der Waals surface area contributed by atoms with Crippen molar-refractivity contribution in [1.82, 2.24) is 9.55 Å². The summed E-state index contributed by atoms with van der Waals surface area (Å²) in [7, 11) is 0. The number of nitrogens with one attached hydrogen (secondary N) is 1. The number of carboxylic acids is 1. The lowest BCUT2D eigenvalue weighted by molar-refractivity contribution is -0.152. The number of rotatable bonds is 12. The highest BCUT2D eigenvalue weighted by atomic mass is 16.5. The molecule has 1 aromatic heterocycles. The van der Waals surface area contributed by atoms with Crippen molar-refractivity contribution in [2.24, 2.45) is 5.41 Å². The van der Waals surface area contributed by atoms with E-state index in [4.69, 9.17) is 9.84 Å². The van der Waals surface area contributed by atoms with Crippen LogP contribution in [0, 0.1) is 5.41 Å². The zero-order valence-electron chi connectivity index (χ0n) is 22.9. The Bertz CT molecular complexity index is 1060. The molecule has 0 unspecified atom stereocenters. The SMILES string of the molecule is C=C/C=C(\CC)Cn1cc(CCCc2ccc(OC(C)(C)C(=O)O)cc2)[nH]c1=O.C=CCC(C)(C)C. The van der Waals surface area contributed by atoms with Crippen molar-refractivity contribution in [3.8, 4) is 5.75 Å². The first-order valence-electron chi connectivity index (χ1n) is 12.5. The maximum atomic E-state index is 12.1. The second kappa shape index (κ2) is 14.3. The molecule has 2 N–H and O–H groups in total. The Hall–Kier alpha value is -3.28. The van der Waals surface area contributed by atoms with Gasteiger partial charge in [-0.1, -0.05) is 70.2 Å². The minimum atomic E-state index is -1.26. The number of ether oxygens (including phenoxy) is 1. The lowest BCUT2D eigenvalue weighted by Gasteiger charge is -2.21. The Kier molecular flexibility index (Phi) is 12.2. The van der Waals surface area contributed by atoms with E-state index in [-0.39, 0.29) is 5.69 Å². The minimum absolute atomic E-state index is 0.0917. The van der Waals surface area contributed by atoms with Crippen LogP contribution >= 0.6 is 0 Å². The molecule has 0 aliphatic rings. The molecule has 0 amide bonds. The van der Waals surface area contributed by atoms with Crippen LogP contribution in [0.3, 0.4) is 0 Å². The van der Waals surface area contributed by atoms with Gasteiger partial charge in [0.15, 0.2) is 5.60 Å². The fourth-order valence-electron chi connectivity index (χ4n) is 3.38. The van der Waals surface area contributed by atoms with Crippen molar-refractivity contribution in [1.29, 1.82) is 0 Å². The average Bonchev–Trinajstić information content (AvgIpc) is 3.12. The summed E-state index contributed by atoms with van der Waals surface area (Å²) in [5.41, 5.74) is 2.29. The van der Waals surface area contributed by atoms with Crippen LogP contribution in [0.2, 0.25) is 0 Å². The van der Waals surface area contributed by atoms with E-state index in [0.717, 1.165) is 48.9 Å². The summed E-state index contributed by atoms with van der Waals surface area (Å²) >= 11 is 0. The number of benzene rings is 1. The van der Waals surface area contributed by atoms with Crippen LogP contribution in [0.25, 0.3) is 0 Å². The summed E-state index contributed by atoms with van der Waals surface area (Å²) in [4.78, 5) is 26.2. The van der Waals surface area contributed by atoms with Gasteiger partial charge in [-0.3, -0.25) is 4.57 Å². The number of aromatic amines is 1. The van der Waals surface area contributed by atoms with Crippen molar-refractivity contribution in [3.63, 3.8) is 0 Å². The number of H-pyrrole nitrogens is 1. The molecule has 6 heteroatoms. The summed E-state index contributed by atoms with van der Waals surface area (Å²) in [6, 6.07) is 7.46. The van der Waals surface area contributed by atoms with E-state index in [0.29, 0.717) is 17.7 Å². The van der Waals surface area contributed by atoms with E-state index in [2.05, 4.69) is 45.8 Å². The third-order valence-electron chi connectivity index (χ3n) is 5.50. The van der Waals surface area contributed by atoms with Crippen molar-refractivity contribution < 1.29 is 14.6 Å². The van der Waals surface area contributed by atoms with Crippen molar-refractivity contribution in [2.75, 3.05) is 0 Å². The van der Waals surface area contributed by atoms with Gasteiger partial charge < -0.3 is 14.8 Å². The number of carbonyl (C=O) groups is 1. The Balaban J connectivity index is 0.000000809. The van der Waals surface area contributed by atoms with E-state index in [1.165, 1.54) is 13.8 Å². The molecule has 0 bridgehead atoms. The molecule has 0 radical (unpaired) electrons. The number of hydrogen-bond donors (Lipinski definition) is 2. The second-order valence-electron chi connectivity index (χ2n) is 10.6. The normalized spacial score (nSPS) is 11.9. The van der Waals surface area contributed by atoms with E-state index < -0.39 is 11.6 Å². The first-order valence-corrected chi connectivity index (χ1v) is 12.5. The summed E-state index contributed by atoms with van der Waals surface area (Å²) in [6.45, 7) is 19.6. The van der Waals surface area contributed by atoms with Gasteiger partial charge in [0.05, 0.1) is 0 Å². The lowest BCUT2D eigenvalue weighted by Crippen LogP contribution is -2.37. The van der Waals surface area contributed by atoms with Crippen LogP contribution in [0.5, 0.6) is 5.75 Å². The Labute approximate surface area is 216 Å². The molecule has 0 aliphatic carbocycles. The van der Waals surface area contributed by atoms with Crippen molar-refractivity contribution >= 4 is 5.97 Å². The van der Waals surface area contributed by atoms with Crippen LogP contribution < -0.4 is 10.4 Å². The maximum Gasteiger partial charge on any atom is 0.347 e. The summed E-state index contributed by atoms with van der Waals surface area (Å²) in [6.07, 6.45) is 12.0. The highest BCUT2D eigenvalue weighted by Crippen LogP contribution is 2.20. The molecule has 0 atom stereocenters. The fourth-order valence-corrected chi connectivity index (χ4v) is 3.38. The smallest absolute Gasteiger partial charge is 0.347 e. The molecule has 1 heterocycles. The van der Waals surface area contributed by atoms with Crippen LogP contribution in [0.4, 0.5) is 0 Å². The van der Waals surface area contributed by atoms with Crippen molar-refractivity contribution in [2.45, 2.75) is 85.8 Å². The average molecular weight is 497 g/mol. The third kappa shape index (κ3) is 11.4. The van der Waals surface area contributed by atoms with Crippen LogP contribution in [-0.4, -0.2) is 26.2 Å². The summed E-state index contributed by atoms with van der Waals surface area (Å²) in [5, 5.41) is 9.13. The van der Waals surface area contributed by atoms with Crippen LogP contribution in [0.1, 0.15) is 72.1 Å². The predicted molar refractivity (Wildman–Crippen MR) is 149 cm³/mol. The molecule has 0 fully saturated rings. The molecule has 36 heavy (non-hydrogen) atoms. The predicted octanol–water partition coefficient (Wildman–Crippen LogP) is 6.72. The van der Waals surface area contributed by atoms with Gasteiger partial charge in [0.2, 0.25) is 0 Å². The molecular formula is C30H44N2O4. The number of aliphatic carboxylic acids is 1. The van der Waals surface area contributed by atoms with Gasteiger partial charge in [0, 0.05) is 18.4 Å². The van der Waals surface area contributed by atoms with Gasteiger partial charge in [0.1, 0.15) is 5.75 Å². The van der Waals surface area contributed by atoms with Gasteiger partial charge in [0.25, 0.3) is 0 Å². The number of carboxylic acid groups (broad SMARTS) is 1. The molecular weight excluding hydrogens is 452 g/mol. The van der Waals surface area contributed by atoms with E-state index in [9.17, 15) is 9.59 Å². The molecule has 2 rings (SSSR count). The van der Waals surface area contributed by atoms with E-state index in [1.54, 1.807) is 22.8 Å². The number of allylic oxidation sites excluding steroid dienone is 4. The first kappa shape index (κ1) is 30.8. The number of imidazole rings is 1. The Morgan fingerprint density at radius 3 is 2.22 bits per heavy atom. The quantitative estimate of drug-likeness (QED) is 0.252. The number of aryl methyl sites for hydroxylation is 2. The largest absolute Gasteiger partial charge is 0.478 e. The molecule has 0 aliphatic heterocycles. The highest BCUT2D eigenvalue weighted by molar-refractivity contribution is 5.76. The standard InChI is InChI=1S/C23H30N2O4.C7H14/c1-5-8-17(6-2)15-25-16-19(24-22(25)28)10-7-9-18-11-13-20(14-12-18)29-23(3,4)21(26)27;1-5-6-7(2,3)4/h5,8,11-14,16H,1,6-7,9-10,15H2,2-4H3,(H,24,28)(H,26,27);5H,1,6H2,2-4H3/b17-8+;. The van der Waals surface area contributed by atoms with Crippen LogP contribution in [-0.2, 0) is 24.2 Å². The monoisotopic (exact) mass is 496 g/mol. The zero-order chi connectivity index (χ0) is 27.4. The third-order valence-corrected chi connectivity index (χ3v) is 5.50. The van der Waals surface area contributed by atoms with Gasteiger partial charge in [-0.25, -0.2) is 9.59 Å². The Morgan fingerprint density at radius 2 is 1.75 bits per heavy atom. The molecule has 2 aromatic rings. The highest BCUT2D eigenvalue weighted by Gasteiger charge is 2.29. The number of hydrogen-bond acceptors (Lipinski definition) is 3. The maximum absolute atomic E-state index is 12.1. The summed E-state index contributed by atoms with van der Waals surface area (Å²) < 4.78 is 7.21. The zero-order valence-corrected chi connectivity index (χ0v) is 22.9. The van der Waals surface area contributed by atoms with Gasteiger partial charge in [-0.2, -0.15) is 0 Å². The minimum Gasteiger partial charge on any atom is -0.478 e. The van der Waals surface area contributed by atoms with E-state index in [1.807, 2.05) is 30.5 Å². The van der Waals surface area contributed by atoms with E-state index >= 15 is 0 Å². The molecule has 0 spiro atoms. The topological polar surface area (TPSA) is 84.3 Å². The molecule has 198 valence electrons. The number of nitrogens with zero attached hydrogens (tertiary/aromatic N) is 1. The molecule has 0 saturated carbocycles. The lowest BCUT2D eigenvalue weighted by atomic mass is 9.93. The van der Waals surface area contributed by atoms with Gasteiger partial charge in [-0.15, -0.1) is 6.58 Å². The van der Waals surface area contributed by atoms with Crippen molar-refractivity contribution in [3.05, 3.63) is 89.2 Å². The van der Waals surface area contributed by atoms with Crippen LogP contribution in [0.15, 0.2) is 72.2 Å². The fraction of sp³-hybridized carbons (Fsp3) is 0.467. The second-order valence-corrected chi connectivity index (χ2v) is 10.6. The summed E-state index contributed by atoms with van der Waals surface area (Å²) in [5.74, 6) is -0.476. The van der Waals surface area contributed by atoms with Gasteiger partial charge in [-0.05, 0) is 69.1 Å². The Morgan fingerprint density at radius 1 is 1.11 bits per heavy atom. The molecule has 0 saturated heterocycles. The van der Waals surface area contributed by atoms with Gasteiger partial charge >= 0.3 is 11.7 Å². The first-order chi connectivity index (χ1) is 16.8. The molecule has 1 aromatic carbocycles.